The van der Waals surface area contributed by atoms with Crippen LogP contribution in [0.3, 0.4) is 0 Å². The summed E-state index contributed by atoms with van der Waals surface area (Å²) in [5.41, 5.74) is 0.320. The summed E-state index contributed by atoms with van der Waals surface area (Å²) in [6, 6.07) is 3.22. The molecule has 0 aliphatic carbocycles. The first-order chi connectivity index (χ1) is 8.95. The number of pyridine rings is 1. The molecule has 0 atom stereocenters. The van der Waals surface area contributed by atoms with Gasteiger partial charge in [-0.05, 0) is 37.3 Å². The number of hydrogen-bond donors (Lipinski definition) is 2. The van der Waals surface area contributed by atoms with Crippen molar-refractivity contribution in [2.75, 3.05) is 6.54 Å². The van der Waals surface area contributed by atoms with Gasteiger partial charge in [-0.3, -0.25) is 9.59 Å². The van der Waals surface area contributed by atoms with Crippen LogP contribution in [0.2, 0.25) is 0 Å². The minimum atomic E-state index is -0.527. The molecule has 102 valence electrons. The van der Waals surface area contributed by atoms with E-state index in [1.54, 1.807) is 13.0 Å². The van der Waals surface area contributed by atoms with Gasteiger partial charge in [0.2, 0.25) is 0 Å². The minimum absolute atomic E-state index is 0.0221. The van der Waals surface area contributed by atoms with E-state index < -0.39 is 5.56 Å². The zero-order valence-electron chi connectivity index (χ0n) is 11.5. The van der Waals surface area contributed by atoms with Crippen molar-refractivity contribution >= 4 is 5.91 Å². The zero-order chi connectivity index (χ0) is 14.4. The molecule has 0 saturated carbocycles. The normalized spacial score (nSPS) is 10.3. The number of aromatic amines is 1. The maximum absolute atomic E-state index is 11.9. The summed E-state index contributed by atoms with van der Waals surface area (Å²) < 4.78 is 0. The fourth-order valence-corrected chi connectivity index (χ4v) is 1.75. The van der Waals surface area contributed by atoms with Gasteiger partial charge in [-0.1, -0.05) is 13.8 Å². The molecule has 5 heteroatoms. The molecule has 19 heavy (non-hydrogen) atoms. The smallest absolute Gasteiger partial charge is 0.268 e. The Hall–Kier alpha value is -2.09. The fraction of sp³-hybridized carbons (Fsp3) is 0.500. The number of H-pyrrole nitrogens is 1. The largest absolute Gasteiger partial charge is 0.351 e. The van der Waals surface area contributed by atoms with Gasteiger partial charge >= 0.3 is 0 Å². The van der Waals surface area contributed by atoms with Crippen LogP contribution in [0.1, 0.15) is 48.3 Å². The number of nitrogens with zero attached hydrogens (tertiary/aromatic N) is 1. The van der Waals surface area contributed by atoms with Crippen LogP contribution in [0, 0.1) is 24.2 Å². The Bertz CT molecular complexity index is 553. The van der Waals surface area contributed by atoms with E-state index in [0.717, 1.165) is 12.8 Å². The van der Waals surface area contributed by atoms with Gasteiger partial charge in [0.05, 0.1) is 0 Å². The monoisotopic (exact) mass is 261 g/mol. The summed E-state index contributed by atoms with van der Waals surface area (Å²) in [5.74, 6) is 0.302. The lowest BCUT2D eigenvalue weighted by Gasteiger charge is -2.08. The summed E-state index contributed by atoms with van der Waals surface area (Å²) in [6.45, 7) is 6.53. The molecular weight excluding hydrogens is 242 g/mol. The van der Waals surface area contributed by atoms with Gasteiger partial charge in [0.1, 0.15) is 17.3 Å². The molecule has 1 aromatic heterocycles. The van der Waals surface area contributed by atoms with E-state index in [-0.39, 0.29) is 17.2 Å². The third-order valence-corrected chi connectivity index (χ3v) is 2.83. The Morgan fingerprint density at radius 1 is 1.53 bits per heavy atom. The molecule has 0 aliphatic heterocycles. The minimum Gasteiger partial charge on any atom is -0.351 e. The summed E-state index contributed by atoms with van der Waals surface area (Å²) in [4.78, 5) is 25.8. The van der Waals surface area contributed by atoms with Gasteiger partial charge in [-0.15, -0.1) is 0 Å². The van der Waals surface area contributed by atoms with E-state index in [0.29, 0.717) is 18.0 Å². The number of carbonyl (C=O) groups excluding carboxylic acids is 1. The molecule has 5 nitrogen and oxygen atoms in total. The van der Waals surface area contributed by atoms with Gasteiger partial charge in [0, 0.05) is 6.54 Å². The summed E-state index contributed by atoms with van der Waals surface area (Å²) >= 11 is 0. The van der Waals surface area contributed by atoms with Crippen LogP contribution in [-0.4, -0.2) is 17.4 Å². The first kappa shape index (κ1) is 15.0. The van der Waals surface area contributed by atoms with Gasteiger partial charge < -0.3 is 10.3 Å². The van der Waals surface area contributed by atoms with Gasteiger partial charge in [0.25, 0.3) is 11.5 Å². The third kappa shape index (κ3) is 4.25. The summed E-state index contributed by atoms with van der Waals surface area (Å²) in [7, 11) is 0. The molecule has 0 unspecified atom stereocenters. The Balaban J connectivity index is 2.71. The molecule has 0 spiro atoms. The number of aromatic nitrogens is 1. The van der Waals surface area contributed by atoms with E-state index in [1.807, 2.05) is 0 Å². The lowest BCUT2D eigenvalue weighted by molar-refractivity contribution is 0.0946. The van der Waals surface area contributed by atoms with Crippen LogP contribution < -0.4 is 10.9 Å². The molecule has 0 aromatic carbocycles. The molecule has 0 radical (unpaired) electrons. The van der Waals surface area contributed by atoms with Crippen molar-refractivity contribution in [1.29, 1.82) is 5.26 Å². The maximum atomic E-state index is 11.9. The highest BCUT2D eigenvalue weighted by Gasteiger charge is 2.12. The first-order valence-electron chi connectivity index (χ1n) is 6.38. The number of nitriles is 1. The quantitative estimate of drug-likeness (QED) is 0.791. The molecule has 0 aliphatic rings. The second kappa shape index (κ2) is 6.74. The standard InChI is InChI=1S/C14H19N3O2/c1-9(2)5-4-6-16-14(19)12-10(3)7-11(8-15)13(18)17-12/h7,9H,4-6H2,1-3H3,(H,16,19)(H,17,18). The highest BCUT2D eigenvalue weighted by atomic mass is 16.2. The fourth-order valence-electron chi connectivity index (χ4n) is 1.75. The molecule has 0 fully saturated rings. The van der Waals surface area contributed by atoms with Crippen molar-refractivity contribution in [2.45, 2.75) is 33.6 Å². The number of hydrogen-bond acceptors (Lipinski definition) is 3. The highest BCUT2D eigenvalue weighted by molar-refractivity contribution is 5.93. The molecule has 1 heterocycles. The second-order valence-electron chi connectivity index (χ2n) is 4.97. The topological polar surface area (TPSA) is 85.8 Å². The maximum Gasteiger partial charge on any atom is 0.268 e. The van der Waals surface area contributed by atoms with Crippen LogP contribution in [0.5, 0.6) is 0 Å². The molecule has 1 rings (SSSR count). The van der Waals surface area contributed by atoms with Crippen LogP contribution in [0.25, 0.3) is 0 Å². The second-order valence-corrected chi connectivity index (χ2v) is 4.97. The van der Waals surface area contributed by atoms with Crippen LogP contribution in [-0.2, 0) is 0 Å². The van der Waals surface area contributed by atoms with Gasteiger partial charge in [-0.25, -0.2) is 0 Å². The number of aryl methyl sites for hydroxylation is 1. The van der Waals surface area contributed by atoms with E-state index >= 15 is 0 Å². The summed E-state index contributed by atoms with van der Waals surface area (Å²) in [6.07, 6.45) is 1.95. The van der Waals surface area contributed by atoms with E-state index in [2.05, 4.69) is 24.1 Å². The lowest BCUT2D eigenvalue weighted by atomic mass is 10.1. The number of rotatable bonds is 5. The average molecular weight is 261 g/mol. The Kier molecular flexibility index (Phi) is 5.31. The van der Waals surface area contributed by atoms with E-state index in [9.17, 15) is 9.59 Å². The average Bonchev–Trinajstić information content (AvgIpc) is 2.36. The van der Waals surface area contributed by atoms with Crippen LogP contribution in [0.15, 0.2) is 10.9 Å². The van der Waals surface area contributed by atoms with E-state index in [1.165, 1.54) is 6.07 Å². The number of nitrogens with one attached hydrogen (secondary N) is 2. The molecule has 0 bridgehead atoms. The van der Waals surface area contributed by atoms with E-state index in [4.69, 9.17) is 5.26 Å². The SMILES string of the molecule is Cc1cc(C#N)c(=O)[nH]c1C(=O)NCCCC(C)C. The van der Waals surface area contributed by atoms with Crippen molar-refractivity contribution in [3.05, 3.63) is 33.2 Å². The molecule has 1 amide bonds. The zero-order valence-corrected chi connectivity index (χ0v) is 11.5. The van der Waals surface area contributed by atoms with Crippen molar-refractivity contribution in [3.8, 4) is 6.07 Å². The third-order valence-electron chi connectivity index (χ3n) is 2.83. The molecule has 2 N–H and O–H groups in total. The Morgan fingerprint density at radius 3 is 2.79 bits per heavy atom. The van der Waals surface area contributed by atoms with Crippen molar-refractivity contribution in [1.82, 2.24) is 10.3 Å². The summed E-state index contributed by atoms with van der Waals surface area (Å²) in [5, 5.41) is 11.5. The predicted octanol–water partition coefficient (Wildman–Crippen LogP) is 1.72. The first-order valence-corrected chi connectivity index (χ1v) is 6.38. The molecular formula is C14H19N3O2. The van der Waals surface area contributed by atoms with Crippen LogP contribution in [0.4, 0.5) is 0 Å². The predicted molar refractivity (Wildman–Crippen MR) is 72.9 cm³/mol. The van der Waals surface area contributed by atoms with Gasteiger partial charge in [-0.2, -0.15) is 5.26 Å². The number of carbonyl (C=O) groups is 1. The number of amides is 1. The lowest BCUT2D eigenvalue weighted by Crippen LogP contribution is -2.29. The highest BCUT2D eigenvalue weighted by Crippen LogP contribution is 2.05. The van der Waals surface area contributed by atoms with Crippen molar-refractivity contribution in [3.63, 3.8) is 0 Å². The Labute approximate surface area is 112 Å². The molecule has 1 aromatic rings. The van der Waals surface area contributed by atoms with Crippen LogP contribution >= 0.6 is 0 Å². The van der Waals surface area contributed by atoms with Crippen molar-refractivity contribution in [2.24, 2.45) is 5.92 Å². The Morgan fingerprint density at radius 2 is 2.21 bits per heavy atom. The van der Waals surface area contributed by atoms with Crippen molar-refractivity contribution < 1.29 is 4.79 Å². The molecule has 0 saturated heterocycles. The van der Waals surface area contributed by atoms with Gasteiger partial charge in [0.15, 0.2) is 0 Å².